The summed E-state index contributed by atoms with van der Waals surface area (Å²) in [5.41, 5.74) is 0.774. The van der Waals surface area contributed by atoms with Crippen LogP contribution in [0.5, 0.6) is 0 Å². The summed E-state index contributed by atoms with van der Waals surface area (Å²) in [5, 5.41) is 10.4. The molecule has 0 aromatic rings. The van der Waals surface area contributed by atoms with Crippen molar-refractivity contribution in [2.45, 2.75) is 70.8 Å². The van der Waals surface area contributed by atoms with Gasteiger partial charge in [-0.2, -0.15) is 0 Å². The van der Waals surface area contributed by atoms with Crippen LogP contribution < -0.4 is 0 Å². The minimum atomic E-state index is -0.0675. The van der Waals surface area contributed by atoms with Crippen LogP contribution in [-0.4, -0.2) is 17.0 Å². The first-order chi connectivity index (χ1) is 9.54. The van der Waals surface area contributed by atoms with Gasteiger partial charge in [-0.3, -0.25) is 4.79 Å². The minimum absolute atomic E-state index is 0.0675. The smallest absolute Gasteiger partial charge is 0.139 e. The van der Waals surface area contributed by atoms with Gasteiger partial charge in [0.25, 0.3) is 0 Å². The summed E-state index contributed by atoms with van der Waals surface area (Å²) in [6.45, 7) is 2.35. The summed E-state index contributed by atoms with van der Waals surface area (Å²) in [4.78, 5) is 12.3. The molecule has 0 spiro atoms. The van der Waals surface area contributed by atoms with Crippen LogP contribution >= 0.6 is 0 Å². The Balaban J connectivity index is 1.52. The van der Waals surface area contributed by atoms with Crippen LogP contribution in [0, 0.1) is 34.0 Å². The molecule has 0 amide bonds. The molecule has 20 heavy (non-hydrogen) atoms. The molecule has 7 unspecified atom stereocenters. The Labute approximate surface area is 121 Å². The number of ketones is 1. The topological polar surface area (TPSA) is 37.3 Å². The number of carbonyl (C=O) groups excluding carboxylic acids is 1. The zero-order chi connectivity index (χ0) is 13.8. The Morgan fingerprint density at radius 2 is 1.90 bits per heavy atom. The summed E-state index contributed by atoms with van der Waals surface area (Å²) < 4.78 is 0. The van der Waals surface area contributed by atoms with Crippen LogP contribution in [0.1, 0.15) is 64.7 Å². The van der Waals surface area contributed by atoms with Crippen molar-refractivity contribution in [1.82, 2.24) is 0 Å². The van der Waals surface area contributed by atoms with Gasteiger partial charge in [0.2, 0.25) is 0 Å². The van der Waals surface area contributed by atoms with Gasteiger partial charge in [-0.25, -0.2) is 0 Å². The summed E-state index contributed by atoms with van der Waals surface area (Å²) in [6.07, 6.45) is 10.4. The van der Waals surface area contributed by atoms with Crippen molar-refractivity contribution in [3.63, 3.8) is 0 Å². The number of aliphatic hydroxyl groups excluding tert-OH is 1. The van der Waals surface area contributed by atoms with E-state index in [4.69, 9.17) is 0 Å². The zero-order valence-corrected chi connectivity index (χ0v) is 12.5. The normalized spacial score (nSPS) is 63.4. The van der Waals surface area contributed by atoms with E-state index in [2.05, 4.69) is 6.92 Å². The number of fused-ring (bicyclic) bond motifs is 3. The van der Waals surface area contributed by atoms with E-state index in [1.807, 2.05) is 0 Å². The fourth-order valence-electron chi connectivity index (χ4n) is 7.68. The molecule has 5 aliphatic carbocycles. The molecular weight excluding hydrogens is 248 g/mol. The first-order valence-corrected chi connectivity index (χ1v) is 8.75. The lowest BCUT2D eigenvalue weighted by Crippen LogP contribution is -2.48. The molecule has 0 bridgehead atoms. The Morgan fingerprint density at radius 3 is 2.75 bits per heavy atom. The van der Waals surface area contributed by atoms with Crippen molar-refractivity contribution in [2.24, 2.45) is 34.0 Å². The van der Waals surface area contributed by atoms with Crippen LogP contribution in [0.25, 0.3) is 0 Å². The number of hydrogen-bond donors (Lipinski definition) is 1. The van der Waals surface area contributed by atoms with Gasteiger partial charge in [0.1, 0.15) is 5.78 Å². The molecule has 0 aromatic heterocycles. The number of hydrogen-bond acceptors (Lipinski definition) is 2. The Kier molecular flexibility index (Phi) is 2.04. The molecule has 2 nitrogen and oxygen atoms in total. The SMILES string of the molecule is CC12CCC3C(CCC45CC34CCC5=O)C1CCC2O. The maximum Gasteiger partial charge on any atom is 0.139 e. The average molecular weight is 274 g/mol. The highest BCUT2D eigenvalue weighted by atomic mass is 16.3. The van der Waals surface area contributed by atoms with Gasteiger partial charge in [0, 0.05) is 11.8 Å². The first-order valence-electron chi connectivity index (χ1n) is 8.75. The van der Waals surface area contributed by atoms with Crippen LogP contribution in [-0.2, 0) is 4.79 Å². The van der Waals surface area contributed by atoms with Crippen molar-refractivity contribution in [3.8, 4) is 0 Å². The molecule has 2 heteroatoms. The predicted octanol–water partition coefficient (Wildman–Crippen LogP) is 3.32. The summed E-state index contributed by atoms with van der Waals surface area (Å²) in [6, 6.07) is 0. The zero-order valence-electron chi connectivity index (χ0n) is 12.5. The number of Topliss-reactive ketones (excluding diaryl/α,β-unsaturated/α-hetero) is 1. The van der Waals surface area contributed by atoms with E-state index in [9.17, 15) is 9.90 Å². The van der Waals surface area contributed by atoms with Crippen LogP contribution in [0.2, 0.25) is 0 Å². The van der Waals surface area contributed by atoms with Gasteiger partial charge in [-0.15, -0.1) is 0 Å². The maximum absolute atomic E-state index is 12.3. The van der Waals surface area contributed by atoms with E-state index in [1.54, 1.807) is 0 Å². The maximum atomic E-state index is 12.3. The van der Waals surface area contributed by atoms with E-state index in [0.29, 0.717) is 11.2 Å². The Bertz CT molecular complexity index is 500. The molecule has 5 rings (SSSR count). The molecule has 1 N–H and O–H groups in total. The molecular formula is C18H26O2. The molecule has 0 heterocycles. The summed E-state index contributed by atoms with van der Waals surface area (Å²) in [7, 11) is 0. The quantitative estimate of drug-likeness (QED) is 0.735. The van der Waals surface area contributed by atoms with Crippen LogP contribution in [0.4, 0.5) is 0 Å². The van der Waals surface area contributed by atoms with E-state index in [1.165, 1.54) is 44.9 Å². The highest BCUT2D eigenvalue weighted by Gasteiger charge is 2.79. The summed E-state index contributed by atoms with van der Waals surface area (Å²) >= 11 is 0. The second kappa shape index (κ2) is 3.34. The van der Waals surface area contributed by atoms with Gasteiger partial charge >= 0.3 is 0 Å². The van der Waals surface area contributed by atoms with Gasteiger partial charge in [-0.05, 0) is 80.0 Å². The van der Waals surface area contributed by atoms with Crippen molar-refractivity contribution in [2.75, 3.05) is 0 Å². The highest BCUT2D eigenvalue weighted by molar-refractivity contribution is 5.92. The summed E-state index contributed by atoms with van der Waals surface area (Å²) in [5.74, 6) is 2.97. The van der Waals surface area contributed by atoms with E-state index < -0.39 is 0 Å². The van der Waals surface area contributed by atoms with Crippen molar-refractivity contribution < 1.29 is 9.90 Å². The number of aliphatic hydroxyl groups is 1. The second-order valence-corrected chi connectivity index (χ2v) is 8.89. The Morgan fingerprint density at radius 1 is 1.05 bits per heavy atom. The second-order valence-electron chi connectivity index (χ2n) is 8.89. The fourth-order valence-corrected chi connectivity index (χ4v) is 7.68. The molecule has 7 atom stereocenters. The van der Waals surface area contributed by atoms with Crippen LogP contribution in [0.15, 0.2) is 0 Å². The van der Waals surface area contributed by atoms with Crippen molar-refractivity contribution >= 4 is 5.78 Å². The lowest BCUT2D eigenvalue weighted by atomic mass is 9.52. The lowest BCUT2D eigenvalue weighted by Gasteiger charge is -2.52. The fraction of sp³-hybridized carbons (Fsp3) is 0.944. The van der Waals surface area contributed by atoms with Gasteiger partial charge in [-0.1, -0.05) is 6.92 Å². The Hall–Kier alpha value is -0.370. The van der Waals surface area contributed by atoms with E-state index in [-0.39, 0.29) is 16.9 Å². The number of carbonyl (C=O) groups is 1. The monoisotopic (exact) mass is 274 g/mol. The predicted molar refractivity (Wildman–Crippen MR) is 76.0 cm³/mol. The van der Waals surface area contributed by atoms with Gasteiger partial charge in [0.15, 0.2) is 0 Å². The molecule has 5 fully saturated rings. The van der Waals surface area contributed by atoms with Crippen molar-refractivity contribution in [1.29, 1.82) is 0 Å². The van der Waals surface area contributed by atoms with E-state index >= 15 is 0 Å². The highest BCUT2D eigenvalue weighted by Crippen LogP contribution is 2.83. The van der Waals surface area contributed by atoms with Gasteiger partial charge < -0.3 is 5.11 Å². The number of rotatable bonds is 0. The molecule has 0 radical (unpaired) electrons. The third-order valence-electron chi connectivity index (χ3n) is 8.78. The lowest BCUT2D eigenvalue weighted by molar-refractivity contribution is -0.126. The first kappa shape index (κ1) is 12.2. The molecule has 0 aromatic carbocycles. The molecule has 0 saturated heterocycles. The standard InChI is InChI=1S/C18H26O2/c1-16-7-5-13-11(12(16)2-3-14(16)19)4-8-18-10-17(13,18)9-6-15(18)20/h11-14,19H,2-10H2,1H3. The van der Waals surface area contributed by atoms with Gasteiger partial charge in [0.05, 0.1) is 6.10 Å². The van der Waals surface area contributed by atoms with Crippen molar-refractivity contribution in [3.05, 3.63) is 0 Å². The molecule has 0 aliphatic heterocycles. The molecule has 5 saturated carbocycles. The largest absolute Gasteiger partial charge is 0.393 e. The molecule has 110 valence electrons. The average Bonchev–Trinajstić information content (AvgIpc) is 2.93. The third kappa shape index (κ3) is 1.07. The van der Waals surface area contributed by atoms with Crippen LogP contribution in [0.3, 0.4) is 0 Å². The third-order valence-corrected chi connectivity index (χ3v) is 8.78. The van der Waals surface area contributed by atoms with E-state index in [0.717, 1.165) is 30.6 Å². The molecule has 5 aliphatic rings. The minimum Gasteiger partial charge on any atom is -0.393 e.